The van der Waals surface area contributed by atoms with E-state index in [0.29, 0.717) is 13.1 Å². The molecule has 0 saturated heterocycles. The molecule has 0 aromatic heterocycles. The van der Waals surface area contributed by atoms with Crippen molar-refractivity contribution in [3.05, 3.63) is 35.9 Å². The van der Waals surface area contributed by atoms with Crippen molar-refractivity contribution < 1.29 is 4.79 Å². The van der Waals surface area contributed by atoms with Gasteiger partial charge in [-0.05, 0) is 31.2 Å². The normalized spacial score (nSPS) is 19.1. The lowest BCUT2D eigenvalue weighted by Gasteiger charge is -2.19. The summed E-state index contributed by atoms with van der Waals surface area (Å²) in [6, 6.07) is 10.7. The van der Waals surface area contributed by atoms with Crippen molar-refractivity contribution in [3.8, 4) is 0 Å². The molecule has 0 bridgehead atoms. The van der Waals surface area contributed by atoms with Crippen LogP contribution >= 0.6 is 0 Å². The maximum absolute atomic E-state index is 11.6. The van der Waals surface area contributed by atoms with Crippen molar-refractivity contribution >= 4 is 11.9 Å². The van der Waals surface area contributed by atoms with Gasteiger partial charge < -0.3 is 16.0 Å². The zero-order valence-electron chi connectivity index (χ0n) is 13.8. The SMILES string of the molecule is CN=C(NCCNC(=O)C1CC1)NCC1(c2ccccc2)CC1. The minimum atomic E-state index is 0.191. The summed E-state index contributed by atoms with van der Waals surface area (Å²) in [7, 11) is 1.78. The van der Waals surface area contributed by atoms with Crippen LogP contribution in [0.4, 0.5) is 0 Å². The summed E-state index contributed by atoms with van der Waals surface area (Å²) in [6.07, 6.45) is 4.53. The highest BCUT2D eigenvalue weighted by molar-refractivity contribution is 5.81. The third-order valence-corrected chi connectivity index (χ3v) is 4.72. The van der Waals surface area contributed by atoms with Crippen molar-refractivity contribution in [2.75, 3.05) is 26.7 Å². The summed E-state index contributed by atoms with van der Waals surface area (Å²) in [4.78, 5) is 15.8. The van der Waals surface area contributed by atoms with Gasteiger partial charge in [0.05, 0.1) is 0 Å². The minimum Gasteiger partial charge on any atom is -0.356 e. The predicted molar refractivity (Wildman–Crippen MR) is 92.5 cm³/mol. The fraction of sp³-hybridized carbons (Fsp3) is 0.556. The zero-order valence-corrected chi connectivity index (χ0v) is 13.8. The molecule has 2 saturated carbocycles. The summed E-state index contributed by atoms with van der Waals surface area (Å²) in [5.41, 5.74) is 1.67. The average Bonchev–Trinajstić information content (AvgIpc) is 3.49. The molecular weight excluding hydrogens is 288 g/mol. The molecule has 3 N–H and O–H groups in total. The highest BCUT2D eigenvalue weighted by atomic mass is 16.2. The van der Waals surface area contributed by atoms with Gasteiger partial charge in [0.2, 0.25) is 5.91 Å². The topological polar surface area (TPSA) is 65.5 Å². The Balaban J connectivity index is 1.39. The van der Waals surface area contributed by atoms with Crippen molar-refractivity contribution in [1.82, 2.24) is 16.0 Å². The van der Waals surface area contributed by atoms with E-state index in [1.165, 1.54) is 18.4 Å². The summed E-state index contributed by atoms with van der Waals surface area (Å²) in [5.74, 6) is 1.26. The molecule has 1 aromatic rings. The van der Waals surface area contributed by atoms with Crippen molar-refractivity contribution in [2.45, 2.75) is 31.1 Å². The van der Waals surface area contributed by atoms with Crippen LogP contribution in [0.5, 0.6) is 0 Å². The zero-order chi connectivity index (χ0) is 16.1. The quantitative estimate of drug-likeness (QED) is 0.405. The standard InChI is InChI=1S/C18H26N4O/c1-19-17(21-12-11-20-16(23)14-7-8-14)22-13-18(9-10-18)15-5-3-2-4-6-15/h2-6,14H,7-13H2,1H3,(H,20,23)(H2,19,21,22). The van der Waals surface area contributed by atoms with Gasteiger partial charge in [-0.3, -0.25) is 9.79 Å². The van der Waals surface area contributed by atoms with Crippen molar-refractivity contribution in [1.29, 1.82) is 0 Å². The van der Waals surface area contributed by atoms with E-state index in [4.69, 9.17) is 0 Å². The molecule has 5 nitrogen and oxygen atoms in total. The van der Waals surface area contributed by atoms with Crippen molar-refractivity contribution in [2.24, 2.45) is 10.9 Å². The number of hydrogen-bond donors (Lipinski definition) is 3. The first-order chi connectivity index (χ1) is 11.2. The molecule has 3 rings (SSSR count). The van der Waals surface area contributed by atoms with Crippen molar-refractivity contribution in [3.63, 3.8) is 0 Å². The summed E-state index contributed by atoms with van der Waals surface area (Å²) in [5, 5.41) is 9.63. The fourth-order valence-corrected chi connectivity index (χ4v) is 2.84. The predicted octanol–water partition coefficient (Wildman–Crippen LogP) is 1.41. The Morgan fingerprint density at radius 2 is 1.83 bits per heavy atom. The number of guanidine groups is 1. The Morgan fingerprint density at radius 3 is 2.43 bits per heavy atom. The monoisotopic (exact) mass is 314 g/mol. The molecule has 124 valence electrons. The molecule has 0 atom stereocenters. The van der Waals surface area contributed by atoms with E-state index >= 15 is 0 Å². The van der Waals surface area contributed by atoms with Crippen LogP contribution in [0.2, 0.25) is 0 Å². The Morgan fingerprint density at radius 1 is 1.13 bits per heavy atom. The molecule has 0 spiro atoms. The Kier molecular flexibility index (Phi) is 4.84. The van der Waals surface area contributed by atoms with Gasteiger partial charge in [-0.1, -0.05) is 30.3 Å². The van der Waals surface area contributed by atoms with Crippen LogP contribution in [0, 0.1) is 5.92 Å². The molecule has 1 aromatic carbocycles. The number of rotatable bonds is 7. The maximum Gasteiger partial charge on any atom is 0.223 e. The van der Waals surface area contributed by atoms with E-state index in [9.17, 15) is 4.79 Å². The van der Waals surface area contributed by atoms with Crippen LogP contribution in [0.15, 0.2) is 35.3 Å². The number of amides is 1. The van der Waals surface area contributed by atoms with Gasteiger partial charge in [-0.2, -0.15) is 0 Å². The van der Waals surface area contributed by atoms with E-state index in [-0.39, 0.29) is 17.2 Å². The van der Waals surface area contributed by atoms with Gasteiger partial charge in [0.1, 0.15) is 0 Å². The van der Waals surface area contributed by atoms with Crippen LogP contribution in [-0.4, -0.2) is 38.5 Å². The van der Waals surface area contributed by atoms with Gasteiger partial charge in [-0.25, -0.2) is 0 Å². The summed E-state index contributed by atoms with van der Waals surface area (Å²) in [6.45, 7) is 2.22. The highest BCUT2D eigenvalue weighted by Crippen LogP contribution is 2.47. The van der Waals surface area contributed by atoms with Crippen LogP contribution in [-0.2, 0) is 10.2 Å². The maximum atomic E-state index is 11.6. The van der Waals surface area contributed by atoms with E-state index in [1.807, 2.05) is 0 Å². The smallest absolute Gasteiger partial charge is 0.223 e. The summed E-state index contributed by atoms with van der Waals surface area (Å²) >= 11 is 0. The van der Waals surface area contributed by atoms with Gasteiger partial charge in [-0.15, -0.1) is 0 Å². The molecule has 23 heavy (non-hydrogen) atoms. The number of benzene rings is 1. The third kappa shape index (κ3) is 4.24. The second-order valence-corrected chi connectivity index (χ2v) is 6.56. The molecule has 2 aliphatic carbocycles. The van der Waals surface area contributed by atoms with E-state index < -0.39 is 0 Å². The van der Waals surface area contributed by atoms with Gasteiger partial charge in [0.25, 0.3) is 0 Å². The van der Waals surface area contributed by atoms with Crippen LogP contribution < -0.4 is 16.0 Å². The van der Waals surface area contributed by atoms with E-state index in [0.717, 1.165) is 25.3 Å². The lowest BCUT2D eigenvalue weighted by atomic mass is 9.96. The van der Waals surface area contributed by atoms with Gasteiger partial charge in [0, 0.05) is 38.0 Å². The second kappa shape index (κ2) is 7.02. The lowest BCUT2D eigenvalue weighted by Crippen LogP contribution is -2.44. The first-order valence-corrected chi connectivity index (χ1v) is 8.51. The van der Waals surface area contributed by atoms with Crippen LogP contribution in [0.1, 0.15) is 31.2 Å². The van der Waals surface area contributed by atoms with Crippen LogP contribution in [0.25, 0.3) is 0 Å². The minimum absolute atomic E-state index is 0.191. The van der Waals surface area contributed by atoms with Crippen LogP contribution in [0.3, 0.4) is 0 Å². The molecule has 2 fully saturated rings. The van der Waals surface area contributed by atoms with Gasteiger partial charge in [0.15, 0.2) is 5.96 Å². The fourth-order valence-electron chi connectivity index (χ4n) is 2.84. The number of carbonyl (C=O) groups excluding carboxylic acids is 1. The molecule has 5 heteroatoms. The first kappa shape index (κ1) is 15.8. The Labute approximate surface area is 138 Å². The molecule has 0 aliphatic heterocycles. The lowest BCUT2D eigenvalue weighted by molar-refractivity contribution is -0.122. The largest absolute Gasteiger partial charge is 0.356 e. The molecule has 0 radical (unpaired) electrons. The number of aliphatic imine (C=N–C) groups is 1. The highest BCUT2D eigenvalue weighted by Gasteiger charge is 2.43. The molecule has 0 unspecified atom stereocenters. The molecule has 2 aliphatic rings. The summed E-state index contributed by atoms with van der Waals surface area (Å²) < 4.78 is 0. The Bertz CT molecular complexity index is 562. The molecule has 0 heterocycles. The average molecular weight is 314 g/mol. The number of nitrogens with zero attached hydrogens (tertiary/aromatic N) is 1. The molecular formula is C18H26N4O. The Hall–Kier alpha value is -2.04. The first-order valence-electron chi connectivity index (χ1n) is 8.51. The third-order valence-electron chi connectivity index (χ3n) is 4.72. The second-order valence-electron chi connectivity index (χ2n) is 6.56. The van der Waals surface area contributed by atoms with E-state index in [2.05, 4.69) is 51.3 Å². The van der Waals surface area contributed by atoms with Gasteiger partial charge >= 0.3 is 0 Å². The van der Waals surface area contributed by atoms with E-state index in [1.54, 1.807) is 7.05 Å². The number of hydrogen-bond acceptors (Lipinski definition) is 2. The number of carbonyl (C=O) groups is 1. The molecule has 1 amide bonds. The number of nitrogens with one attached hydrogen (secondary N) is 3.